The molecule has 0 atom stereocenters. The van der Waals surface area contributed by atoms with Crippen LogP contribution < -0.4 is 28.4 Å². The first-order valence-electron chi connectivity index (χ1n) is 22.9. The summed E-state index contributed by atoms with van der Waals surface area (Å²) in [5.41, 5.74) is 0. The van der Waals surface area contributed by atoms with Crippen molar-refractivity contribution in [3.8, 4) is 34.5 Å². The highest BCUT2D eigenvalue weighted by Gasteiger charge is 2.58. The maximum atomic E-state index is 13.9. The molecule has 0 aliphatic rings. The minimum atomic E-state index is -5.80. The molecule has 0 saturated carbocycles. The van der Waals surface area contributed by atoms with Crippen molar-refractivity contribution in [1.29, 1.82) is 0 Å². The van der Waals surface area contributed by atoms with E-state index in [0.717, 1.165) is 38.5 Å². The van der Waals surface area contributed by atoms with Gasteiger partial charge in [0.15, 0.2) is 34.5 Å². The number of unbranched alkanes of at least 4 members (excludes halogenated alkanes) is 6. The number of fused-ring (bicyclic) bond motifs is 6. The molecule has 4 aromatic carbocycles. The second kappa shape index (κ2) is 24.5. The quantitative estimate of drug-likeness (QED) is 0.0295. The standard InChI is InChI=1S/C48H57F15O6/c1-4-7-10-19-64-37-25-31-34(28-40(37)67-22-13-16-43(49,50)46(55,56)57)32-26-38(65-20-11-8-5-2)42(69-24-15-18-45(53,54)48(61,62)63)30-36(32)33-27-39(66-21-12-9-6-3)41(29-35(31)33)68-23-14-17-44(51,52)47(58,59)60/h25-30H,4-24H2,1-3H3. The SMILES string of the molecule is CCCCCOc1cc2c(cc1OCCCC(F)(F)C(F)(F)F)c1cc(OCCCCC)c(OCCCC(F)(F)C(F)(F)F)cc1c1cc(OCCCCC)c(OCCCC(F)(F)C(F)(F)F)cc21. The Kier molecular flexibility index (Phi) is 20.2. The van der Waals surface area contributed by atoms with Crippen LogP contribution in [0.25, 0.3) is 32.3 Å². The summed E-state index contributed by atoms with van der Waals surface area (Å²) >= 11 is 0. The fraction of sp³-hybridized carbons (Fsp3) is 0.625. The Morgan fingerprint density at radius 2 is 0.449 bits per heavy atom. The Balaban J connectivity index is 2.00. The molecule has 0 unspecified atom stereocenters. The zero-order chi connectivity index (χ0) is 51.3. The van der Waals surface area contributed by atoms with Gasteiger partial charge in [0.2, 0.25) is 0 Å². The number of ether oxygens (including phenoxy) is 6. The van der Waals surface area contributed by atoms with Gasteiger partial charge in [0.05, 0.1) is 39.6 Å². The van der Waals surface area contributed by atoms with E-state index in [1.807, 2.05) is 20.8 Å². The molecule has 390 valence electrons. The van der Waals surface area contributed by atoms with Crippen LogP contribution in [0.4, 0.5) is 65.9 Å². The lowest BCUT2D eigenvalue weighted by molar-refractivity contribution is -0.284. The Morgan fingerprint density at radius 1 is 0.275 bits per heavy atom. The largest absolute Gasteiger partial charge is 0.490 e. The molecule has 0 aliphatic carbocycles. The summed E-state index contributed by atoms with van der Waals surface area (Å²) in [6.45, 7) is 4.31. The third-order valence-electron chi connectivity index (χ3n) is 11.1. The normalized spacial score (nSPS) is 13.1. The second-order valence-electron chi connectivity index (χ2n) is 16.7. The van der Waals surface area contributed by atoms with Crippen LogP contribution in [0.15, 0.2) is 36.4 Å². The summed E-state index contributed by atoms with van der Waals surface area (Å²) in [6, 6.07) is 8.90. The van der Waals surface area contributed by atoms with Crippen molar-refractivity contribution < 1.29 is 94.3 Å². The number of hydrogen-bond acceptors (Lipinski definition) is 6. The van der Waals surface area contributed by atoms with Crippen LogP contribution in [0.5, 0.6) is 34.5 Å². The third-order valence-corrected chi connectivity index (χ3v) is 11.1. The summed E-state index contributed by atoms with van der Waals surface area (Å²) in [4.78, 5) is 0. The van der Waals surface area contributed by atoms with Crippen molar-refractivity contribution in [1.82, 2.24) is 0 Å². The van der Waals surface area contributed by atoms with E-state index in [1.54, 1.807) is 0 Å². The predicted octanol–water partition coefficient (Wildman–Crippen LogP) is 16.9. The summed E-state index contributed by atoms with van der Waals surface area (Å²) in [5, 5.41) is 2.04. The topological polar surface area (TPSA) is 55.4 Å². The molecule has 0 radical (unpaired) electrons. The fourth-order valence-corrected chi connectivity index (χ4v) is 7.15. The minimum Gasteiger partial charge on any atom is -0.490 e. The first-order chi connectivity index (χ1) is 32.3. The zero-order valence-corrected chi connectivity index (χ0v) is 38.4. The van der Waals surface area contributed by atoms with Gasteiger partial charge in [0.25, 0.3) is 0 Å². The van der Waals surface area contributed by atoms with E-state index in [2.05, 4.69) is 0 Å². The number of rotatable bonds is 30. The Morgan fingerprint density at radius 3 is 0.609 bits per heavy atom. The first-order valence-corrected chi connectivity index (χ1v) is 22.9. The van der Waals surface area contributed by atoms with Crippen LogP contribution in [0.1, 0.15) is 117 Å². The van der Waals surface area contributed by atoms with E-state index in [4.69, 9.17) is 28.4 Å². The lowest BCUT2D eigenvalue weighted by Crippen LogP contribution is -2.36. The highest BCUT2D eigenvalue weighted by Crippen LogP contribution is 2.48. The molecule has 0 heterocycles. The summed E-state index contributed by atoms with van der Waals surface area (Å²) < 4.78 is 236. The van der Waals surface area contributed by atoms with E-state index in [9.17, 15) is 65.9 Å². The molecule has 0 amide bonds. The van der Waals surface area contributed by atoms with E-state index < -0.39 is 94.6 Å². The number of hydrogen-bond donors (Lipinski definition) is 0. The van der Waals surface area contributed by atoms with Crippen LogP contribution in [0.2, 0.25) is 0 Å². The molecular weight excluding hydrogens is 957 g/mol. The van der Waals surface area contributed by atoms with E-state index >= 15 is 0 Å². The van der Waals surface area contributed by atoms with E-state index in [0.29, 0.717) is 51.6 Å². The van der Waals surface area contributed by atoms with Gasteiger partial charge in [0, 0.05) is 19.3 Å². The van der Waals surface area contributed by atoms with Gasteiger partial charge in [0.1, 0.15) is 0 Å². The second-order valence-corrected chi connectivity index (χ2v) is 16.7. The molecule has 69 heavy (non-hydrogen) atoms. The van der Waals surface area contributed by atoms with Crippen molar-refractivity contribution in [2.75, 3.05) is 39.6 Å². The van der Waals surface area contributed by atoms with Crippen LogP contribution in [0, 0.1) is 0 Å². The van der Waals surface area contributed by atoms with Crippen LogP contribution in [-0.2, 0) is 0 Å². The molecule has 0 N–H and O–H groups in total. The van der Waals surface area contributed by atoms with Gasteiger partial charge in [-0.05, 0) is 107 Å². The van der Waals surface area contributed by atoms with Gasteiger partial charge in [-0.2, -0.15) is 65.9 Å². The maximum Gasteiger partial charge on any atom is 0.453 e. The lowest BCUT2D eigenvalue weighted by Gasteiger charge is -2.22. The Hall–Kier alpha value is -4.59. The maximum absolute atomic E-state index is 13.9. The van der Waals surface area contributed by atoms with Crippen molar-refractivity contribution in [3.63, 3.8) is 0 Å². The number of benzene rings is 4. The molecule has 0 bridgehead atoms. The van der Waals surface area contributed by atoms with Crippen LogP contribution in [0.3, 0.4) is 0 Å². The molecule has 0 spiro atoms. The van der Waals surface area contributed by atoms with Crippen molar-refractivity contribution in [2.45, 2.75) is 153 Å². The van der Waals surface area contributed by atoms with E-state index in [1.165, 1.54) is 36.4 Å². The molecule has 4 rings (SSSR count). The van der Waals surface area contributed by atoms with Gasteiger partial charge in [-0.1, -0.05) is 59.3 Å². The summed E-state index contributed by atoms with van der Waals surface area (Å²) in [5.74, 6) is -15.1. The van der Waals surface area contributed by atoms with Crippen LogP contribution >= 0.6 is 0 Å². The number of halogens is 15. The molecule has 0 aliphatic heterocycles. The molecule has 0 aromatic heterocycles. The summed E-state index contributed by atoms with van der Waals surface area (Å²) in [6.07, 6.45) is -18.1. The number of alkyl halides is 15. The summed E-state index contributed by atoms with van der Waals surface area (Å²) in [7, 11) is 0. The highest BCUT2D eigenvalue weighted by atomic mass is 19.4. The zero-order valence-electron chi connectivity index (χ0n) is 38.4. The first kappa shape index (κ1) is 57.0. The molecule has 6 nitrogen and oxygen atoms in total. The van der Waals surface area contributed by atoms with Gasteiger partial charge in [-0.3, -0.25) is 0 Å². The van der Waals surface area contributed by atoms with Crippen molar-refractivity contribution >= 4 is 32.3 Å². The smallest absolute Gasteiger partial charge is 0.453 e. The van der Waals surface area contributed by atoms with E-state index in [-0.39, 0.29) is 54.3 Å². The monoisotopic (exact) mass is 1010 g/mol. The third kappa shape index (κ3) is 15.4. The highest BCUT2D eigenvalue weighted by molar-refractivity contribution is 6.26. The Bertz CT molecular complexity index is 1960. The van der Waals surface area contributed by atoms with Crippen molar-refractivity contribution in [2.24, 2.45) is 0 Å². The van der Waals surface area contributed by atoms with Gasteiger partial charge >= 0.3 is 36.3 Å². The van der Waals surface area contributed by atoms with Crippen LogP contribution in [-0.4, -0.2) is 75.9 Å². The fourth-order valence-electron chi connectivity index (χ4n) is 7.15. The van der Waals surface area contributed by atoms with Gasteiger partial charge < -0.3 is 28.4 Å². The lowest BCUT2D eigenvalue weighted by atomic mass is 9.93. The predicted molar refractivity (Wildman–Crippen MR) is 231 cm³/mol. The molecule has 21 heteroatoms. The van der Waals surface area contributed by atoms with Crippen molar-refractivity contribution in [3.05, 3.63) is 36.4 Å². The molecule has 0 fully saturated rings. The van der Waals surface area contributed by atoms with Gasteiger partial charge in [-0.15, -0.1) is 0 Å². The van der Waals surface area contributed by atoms with Gasteiger partial charge in [-0.25, -0.2) is 0 Å². The molecule has 4 aromatic rings. The average Bonchev–Trinajstić information content (AvgIpc) is 3.26. The average molecular weight is 1010 g/mol. The Labute approximate surface area is 390 Å². The molecular formula is C48H57F15O6. The minimum absolute atomic E-state index is 0.0465. The molecule has 0 saturated heterocycles.